The van der Waals surface area contributed by atoms with Gasteiger partial charge in [0.2, 0.25) is 0 Å². The molecule has 1 atom stereocenters. The normalized spacial score (nSPS) is 16.9. The van der Waals surface area contributed by atoms with E-state index in [2.05, 4.69) is 70.7 Å². The number of nitrogens with two attached hydrogens (primary N) is 1. The van der Waals surface area contributed by atoms with Crippen LogP contribution in [0.4, 0.5) is 0 Å². The van der Waals surface area contributed by atoms with Crippen LogP contribution in [0.5, 0.6) is 0 Å². The van der Waals surface area contributed by atoms with Crippen molar-refractivity contribution in [2.75, 3.05) is 39.4 Å². The van der Waals surface area contributed by atoms with Crippen LogP contribution in [0.15, 0.2) is 59.6 Å². The summed E-state index contributed by atoms with van der Waals surface area (Å²) < 4.78 is 5.51. The van der Waals surface area contributed by atoms with Crippen LogP contribution in [0.25, 0.3) is 0 Å². The molecule has 1 fully saturated rings. The van der Waals surface area contributed by atoms with Crippen LogP contribution >= 0.6 is 0 Å². The summed E-state index contributed by atoms with van der Waals surface area (Å²) in [6.45, 7) is 6.94. The van der Waals surface area contributed by atoms with E-state index in [1.807, 2.05) is 6.07 Å². The summed E-state index contributed by atoms with van der Waals surface area (Å²) in [5.74, 6) is 0.510. The van der Waals surface area contributed by atoms with Crippen LogP contribution in [0.2, 0.25) is 0 Å². The van der Waals surface area contributed by atoms with E-state index in [1.165, 1.54) is 16.7 Å². The first-order valence-electron chi connectivity index (χ1n) is 9.68. The summed E-state index contributed by atoms with van der Waals surface area (Å²) in [7, 11) is 0. The van der Waals surface area contributed by atoms with Gasteiger partial charge in [0, 0.05) is 19.6 Å². The maximum absolute atomic E-state index is 6.11. The van der Waals surface area contributed by atoms with Crippen LogP contribution in [-0.4, -0.2) is 50.3 Å². The lowest BCUT2D eigenvalue weighted by molar-refractivity contribution is 0.0180. The minimum absolute atomic E-state index is 0.226. The molecule has 0 aromatic heterocycles. The van der Waals surface area contributed by atoms with Crippen LogP contribution in [-0.2, 0) is 11.2 Å². The lowest BCUT2D eigenvalue weighted by atomic mass is 10.0. The van der Waals surface area contributed by atoms with Gasteiger partial charge in [0.05, 0.1) is 25.8 Å². The Balaban J connectivity index is 1.58. The van der Waals surface area contributed by atoms with E-state index in [-0.39, 0.29) is 6.04 Å². The third-order valence-electron chi connectivity index (χ3n) is 4.95. The summed E-state index contributed by atoms with van der Waals surface area (Å²) in [6.07, 6.45) is 0.932. The second kappa shape index (κ2) is 10.1. The number of hydrogen-bond donors (Lipinski definition) is 2. The zero-order valence-electron chi connectivity index (χ0n) is 16.1. The van der Waals surface area contributed by atoms with Crippen LogP contribution < -0.4 is 11.1 Å². The van der Waals surface area contributed by atoms with Gasteiger partial charge < -0.3 is 15.8 Å². The highest BCUT2D eigenvalue weighted by Crippen LogP contribution is 2.22. The number of benzene rings is 2. The summed E-state index contributed by atoms with van der Waals surface area (Å²) in [6, 6.07) is 19.3. The first-order valence-corrected chi connectivity index (χ1v) is 9.68. The molecule has 5 nitrogen and oxygen atoms in total. The molecule has 3 rings (SSSR count). The topological polar surface area (TPSA) is 62.9 Å². The highest BCUT2D eigenvalue weighted by molar-refractivity contribution is 5.77. The van der Waals surface area contributed by atoms with Gasteiger partial charge in [-0.3, -0.25) is 9.89 Å². The number of nitrogens with one attached hydrogen (secondary N) is 1. The van der Waals surface area contributed by atoms with Gasteiger partial charge in [0.1, 0.15) is 0 Å². The van der Waals surface area contributed by atoms with Gasteiger partial charge in [-0.2, -0.15) is 0 Å². The van der Waals surface area contributed by atoms with E-state index in [9.17, 15) is 0 Å². The molecule has 3 N–H and O–H groups in total. The number of nitrogens with zero attached hydrogens (tertiary/aromatic N) is 2. The third-order valence-corrected chi connectivity index (χ3v) is 4.95. The fourth-order valence-corrected chi connectivity index (χ4v) is 3.33. The summed E-state index contributed by atoms with van der Waals surface area (Å²) in [4.78, 5) is 7.07. The average Bonchev–Trinajstić information content (AvgIpc) is 2.71. The largest absolute Gasteiger partial charge is 0.379 e. The molecule has 1 aliphatic rings. The molecular weight excluding hydrogens is 336 g/mol. The van der Waals surface area contributed by atoms with Gasteiger partial charge in [-0.15, -0.1) is 0 Å². The van der Waals surface area contributed by atoms with E-state index >= 15 is 0 Å². The molecular formula is C22H30N4O. The molecule has 0 aliphatic carbocycles. The van der Waals surface area contributed by atoms with Gasteiger partial charge in [-0.25, -0.2) is 0 Å². The monoisotopic (exact) mass is 366 g/mol. The van der Waals surface area contributed by atoms with Crippen molar-refractivity contribution in [3.63, 3.8) is 0 Å². The molecule has 1 saturated heterocycles. The molecule has 2 aromatic carbocycles. The fourth-order valence-electron chi connectivity index (χ4n) is 3.33. The molecule has 0 saturated carbocycles. The minimum Gasteiger partial charge on any atom is -0.379 e. The van der Waals surface area contributed by atoms with Gasteiger partial charge in [0.15, 0.2) is 5.96 Å². The molecule has 0 radical (unpaired) electrons. The number of aryl methyl sites for hydroxylation is 1. The predicted octanol–water partition coefficient (Wildman–Crippen LogP) is 2.52. The molecule has 27 heavy (non-hydrogen) atoms. The maximum Gasteiger partial charge on any atom is 0.188 e. The quantitative estimate of drug-likeness (QED) is 0.584. The fraction of sp³-hybridized carbons (Fsp3) is 0.409. The van der Waals surface area contributed by atoms with Crippen molar-refractivity contribution in [3.05, 3.63) is 71.3 Å². The van der Waals surface area contributed by atoms with Gasteiger partial charge in [-0.05, 0) is 24.5 Å². The van der Waals surface area contributed by atoms with E-state index in [0.29, 0.717) is 12.5 Å². The smallest absolute Gasteiger partial charge is 0.188 e. The van der Waals surface area contributed by atoms with Crippen molar-refractivity contribution in [2.45, 2.75) is 19.4 Å². The van der Waals surface area contributed by atoms with Crippen molar-refractivity contribution in [1.82, 2.24) is 10.2 Å². The highest BCUT2D eigenvalue weighted by atomic mass is 16.5. The zero-order valence-corrected chi connectivity index (χ0v) is 16.1. The number of aliphatic imine (C=N–C) groups is 1. The summed E-state index contributed by atoms with van der Waals surface area (Å²) >= 11 is 0. The first kappa shape index (κ1) is 19.4. The minimum atomic E-state index is 0.226. The standard InChI is InChI=1S/C22H30N4O/c1-18-7-9-20(10-8-18)21(26-13-15-27-16-14-26)17-25-22(23)24-12-11-19-5-3-2-4-6-19/h2-10,21H,11-17H2,1H3,(H3,23,24,25). The number of ether oxygens (including phenoxy) is 1. The van der Waals surface area contributed by atoms with Crippen LogP contribution in [0, 0.1) is 6.92 Å². The van der Waals surface area contributed by atoms with Gasteiger partial charge in [-0.1, -0.05) is 60.2 Å². The third kappa shape index (κ3) is 6.08. The summed E-state index contributed by atoms with van der Waals surface area (Å²) in [5, 5.41) is 3.23. The SMILES string of the molecule is Cc1ccc(C(CN=C(N)NCCc2ccccc2)N2CCOCC2)cc1. The zero-order chi connectivity index (χ0) is 18.9. The Morgan fingerprint density at radius 1 is 1.11 bits per heavy atom. The molecule has 144 valence electrons. The lowest BCUT2D eigenvalue weighted by Gasteiger charge is -2.34. The first-order chi connectivity index (χ1) is 13.2. The Morgan fingerprint density at radius 3 is 2.52 bits per heavy atom. The molecule has 1 aliphatic heterocycles. The maximum atomic E-state index is 6.11. The van der Waals surface area contributed by atoms with Gasteiger partial charge >= 0.3 is 0 Å². The van der Waals surface area contributed by atoms with Crippen molar-refractivity contribution in [1.29, 1.82) is 0 Å². The molecule has 1 unspecified atom stereocenters. The molecule has 0 bridgehead atoms. The van der Waals surface area contributed by atoms with E-state index in [1.54, 1.807) is 0 Å². The second-order valence-electron chi connectivity index (χ2n) is 6.96. The Morgan fingerprint density at radius 2 is 1.81 bits per heavy atom. The Labute approximate surface area is 162 Å². The van der Waals surface area contributed by atoms with E-state index in [0.717, 1.165) is 39.3 Å². The molecule has 2 aromatic rings. The second-order valence-corrected chi connectivity index (χ2v) is 6.96. The Bertz CT molecular complexity index is 709. The Hall–Kier alpha value is -2.37. The van der Waals surface area contributed by atoms with E-state index < -0.39 is 0 Å². The lowest BCUT2D eigenvalue weighted by Crippen LogP contribution is -2.41. The molecule has 1 heterocycles. The molecule has 0 amide bonds. The predicted molar refractivity (Wildman–Crippen MR) is 111 cm³/mol. The van der Waals surface area contributed by atoms with Crippen molar-refractivity contribution in [3.8, 4) is 0 Å². The van der Waals surface area contributed by atoms with Crippen LogP contribution in [0.3, 0.4) is 0 Å². The molecule has 0 spiro atoms. The highest BCUT2D eigenvalue weighted by Gasteiger charge is 2.22. The number of morpholine rings is 1. The number of rotatable bonds is 7. The average molecular weight is 367 g/mol. The molecule has 5 heteroatoms. The van der Waals surface area contributed by atoms with Gasteiger partial charge in [0.25, 0.3) is 0 Å². The van der Waals surface area contributed by atoms with Crippen molar-refractivity contribution in [2.24, 2.45) is 10.7 Å². The van der Waals surface area contributed by atoms with Crippen LogP contribution in [0.1, 0.15) is 22.7 Å². The van der Waals surface area contributed by atoms with Crippen molar-refractivity contribution < 1.29 is 4.74 Å². The Kier molecular flexibility index (Phi) is 7.25. The number of hydrogen-bond acceptors (Lipinski definition) is 3. The van der Waals surface area contributed by atoms with E-state index in [4.69, 9.17) is 10.5 Å². The number of guanidine groups is 1. The summed E-state index contributed by atoms with van der Waals surface area (Å²) in [5.41, 5.74) is 9.96. The van der Waals surface area contributed by atoms with Crippen molar-refractivity contribution >= 4 is 5.96 Å².